The Morgan fingerprint density at radius 3 is 2.75 bits per heavy atom. The van der Waals surface area contributed by atoms with E-state index in [1.165, 1.54) is 12.1 Å². The van der Waals surface area contributed by atoms with Crippen LogP contribution in [0.4, 0.5) is 10.1 Å². The molecule has 2 rings (SSSR count). The molecule has 0 spiro atoms. The summed E-state index contributed by atoms with van der Waals surface area (Å²) in [4.78, 5) is 9.90. The fraction of sp³-hybridized carbons (Fsp3) is 0.143. The van der Waals surface area contributed by atoms with Crippen LogP contribution in [-0.4, -0.2) is 4.92 Å². The molecule has 0 radical (unpaired) electrons. The third kappa shape index (κ3) is 3.14. The van der Waals surface area contributed by atoms with Crippen LogP contribution >= 0.6 is 15.9 Å². The monoisotopic (exact) mass is 339 g/mol. The molecule has 0 bridgehead atoms. The molecule has 104 valence electrons. The first kappa shape index (κ1) is 14.5. The van der Waals surface area contributed by atoms with E-state index in [-0.39, 0.29) is 12.2 Å². The van der Waals surface area contributed by atoms with E-state index in [1.54, 1.807) is 12.1 Å². The van der Waals surface area contributed by atoms with Gasteiger partial charge in [-0.25, -0.2) is 0 Å². The molecule has 0 heterocycles. The van der Waals surface area contributed by atoms with Gasteiger partial charge in [0, 0.05) is 16.1 Å². The first-order chi connectivity index (χ1) is 9.49. The molecule has 6 heteroatoms. The zero-order valence-electron chi connectivity index (χ0n) is 10.6. The van der Waals surface area contributed by atoms with Crippen LogP contribution in [0.15, 0.2) is 40.9 Å². The average molecular weight is 340 g/mol. The summed E-state index contributed by atoms with van der Waals surface area (Å²) in [5, 5.41) is 10.6. The number of ether oxygens (including phenoxy) is 1. The van der Waals surface area contributed by atoms with Crippen molar-refractivity contribution in [2.75, 3.05) is 0 Å². The molecule has 20 heavy (non-hydrogen) atoms. The van der Waals surface area contributed by atoms with Gasteiger partial charge in [-0.15, -0.1) is 0 Å². The number of nitro benzene ring substituents is 1. The summed E-state index contributed by atoms with van der Waals surface area (Å²) in [5.41, 5.74) is 0.597. The van der Waals surface area contributed by atoms with Crippen LogP contribution in [0, 0.1) is 22.9 Å². The average Bonchev–Trinajstić information content (AvgIpc) is 2.41. The summed E-state index contributed by atoms with van der Waals surface area (Å²) >= 11 is 3.37. The molecule has 0 atom stereocenters. The molecule has 0 saturated carbocycles. The number of hydrogen-bond donors (Lipinski definition) is 0. The third-order valence-corrected chi connectivity index (χ3v) is 3.67. The van der Waals surface area contributed by atoms with Crippen molar-refractivity contribution in [1.29, 1.82) is 0 Å². The van der Waals surface area contributed by atoms with Gasteiger partial charge in [0.25, 0.3) is 0 Å². The normalized spacial score (nSPS) is 10.3. The van der Waals surface area contributed by atoms with Gasteiger partial charge in [0.15, 0.2) is 0 Å². The lowest BCUT2D eigenvalue weighted by atomic mass is 10.2. The summed E-state index contributed by atoms with van der Waals surface area (Å²) in [6, 6.07) is 9.41. The number of halogens is 2. The summed E-state index contributed by atoms with van der Waals surface area (Å²) < 4.78 is 20.3. The van der Waals surface area contributed by atoms with Gasteiger partial charge >= 0.3 is 5.69 Å². The second-order valence-corrected chi connectivity index (χ2v) is 5.06. The van der Waals surface area contributed by atoms with Gasteiger partial charge in [0.2, 0.25) is 5.82 Å². The number of nitrogens with zero attached hydrogens (tertiary/aromatic N) is 1. The van der Waals surface area contributed by atoms with Gasteiger partial charge in [-0.05, 0) is 30.7 Å². The van der Waals surface area contributed by atoms with Gasteiger partial charge in [0.1, 0.15) is 12.4 Å². The molecule has 0 aliphatic carbocycles. The molecular weight excluding hydrogens is 329 g/mol. The van der Waals surface area contributed by atoms with Crippen LogP contribution in [0.5, 0.6) is 5.75 Å². The van der Waals surface area contributed by atoms with Crippen molar-refractivity contribution in [2.45, 2.75) is 13.5 Å². The standard InChI is InChI=1S/C14H11BrFNO3/c1-9-7-11(5-6-12(9)15)20-8-10-3-2-4-13(14(10)16)17(18)19/h2-7H,8H2,1H3. The van der Waals surface area contributed by atoms with E-state index >= 15 is 0 Å². The van der Waals surface area contributed by atoms with E-state index in [4.69, 9.17) is 4.74 Å². The van der Waals surface area contributed by atoms with E-state index in [9.17, 15) is 14.5 Å². The summed E-state index contributed by atoms with van der Waals surface area (Å²) in [6.45, 7) is 1.85. The number of benzene rings is 2. The van der Waals surface area contributed by atoms with Crippen molar-refractivity contribution >= 4 is 21.6 Å². The van der Waals surface area contributed by atoms with E-state index in [1.807, 2.05) is 13.0 Å². The molecule has 4 nitrogen and oxygen atoms in total. The van der Waals surface area contributed by atoms with Crippen LogP contribution in [0.2, 0.25) is 0 Å². The number of nitro groups is 1. The number of aryl methyl sites for hydroxylation is 1. The van der Waals surface area contributed by atoms with Crippen molar-refractivity contribution in [3.05, 3.63) is 67.9 Å². The molecule has 0 aromatic heterocycles. The Balaban J connectivity index is 2.17. The fourth-order valence-electron chi connectivity index (χ4n) is 1.69. The summed E-state index contributed by atoms with van der Waals surface area (Å²) in [5.74, 6) is -0.275. The fourth-order valence-corrected chi connectivity index (χ4v) is 1.93. The maximum Gasteiger partial charge on any atom is 0.305 e. The molecule has 0 aliphatic rings. The van der Waals surface area contributed by atoms with Gasteiger partial charge in [-0.3, -0.25) is 10.1 Å². The Bertz CT molecular complexity index is 661. The molecule has 2 aromatic rings. The quantitative estimate of drug-likeness (QED) is 0.613. The van der Waals surface area contributed by atoms with E-state index in [2.05, 4.69) is 15.9 Å². The molecule has 0 fully saturated rings. The molecule has 0 amide bonds. The van der Waals surface area contributed by atoms with Crippen molar-refractivity contribution < 1.29 is 14.1 Å². The van der Waals surface area contributed by atoms with E-state index < -0.39 is 16.4 Å². The Kier molecular flexibility index (Phi) is 4.34. The highest BCUT2D eigenvalue weighted by Crippen LogP contribution is 2.24. The second kappa shape index (κ2) is 6.00. The zero-order valence-corrected chi connectivity index (χ0v) is 12.2. The zero-order chi connectivity index (χ0) is 14.7. The Hall–Kier alpha value is -1.95. The second-order valence-electron chi connectivity index (χ2n) is 4.21. The van der Waals surface area contributed by atoms with Crippen molar-refractivity contribution in [3.8, 4) is 5.75 Å². The van der Waals surface area contributed by atoms with Gasteiger partial charge in [-0.2, -0.15) is 4.39 Å². The van der Waals surface area contributed by atoms with E-state index in [0.29, 0.717) is 5.75 Å². The van der Waals surface area contributed by atoms with Crippen molar-refractivity contribution in [2.24, 2.45) is 0 Å². The minimum absolute atomic E-state index is 0.0609. The molecule has 0 unspecified atom stereocenters. The number of hydrogen-bond acceptors (Lipinski definition) is 3. The lowest BCUT2D eigenvalue weighted by Crippen LogP contribution is -2.02. The lowest BCUT2D eigenvalue weighted by Gasteiger charge is -2.08. The van der Waals surface area contributed by atoms with Crippen LogP contribution in [-0.2, 0) is 6.61 Å². The van der Waals surface area contributed by atoms with E-state index in [0.717, 1.165) is 16.1 Å². The topological polar surface area (TPSA) is 52.4 Å². The highest BCUT2D eigenvalue weighted by Gasteiger charge is 2.17. The number of rotatable bonds is 4. The van der Waals surface area contributed by atoms with Crippen molar-refractivity contribution in [3.63, 3.8) is 0 Å². The molecule has 0 saturated heterocycles. The van der Waals surface area contributed by atoms with Crippen LogP contribution in [0.3, 0.4) is 0 Å². The third-order valence-electron chi connectivity index (χ3n) is 2.78. The maximum absolute atomic E-state index is 13.8. The summed E-state index contributed by atoms with van der Waals surface area (Å²) in [6.07, 6.45) is 0. The molecule has 0 N–H and O–H groups in total. The Morgan fingerprint density at radius 2 is 2.10 bits per heavy atom. The molecular formula is C14H11BrFNO3. The minimum Gasteiger partial charge on any atom is -0.489 e. The minimum atomic E-state index is -0.855. The predicted octanol–water partition coefficient (Wildman–Crippen LogP) is 4.38. The first-order valence-corrected chi connectivity index (χ1v) is 6.59. The first-order valence-electron chi connectivity index (χ1n) is 5.80. The highest BCUT2D eigenvalue weighted by atomic mass is 79.9. The lowest BCUT2D eigenvalue weighted by molar-refractivity contribution is -0.387. The Morgan fingerprint density at radius 1 is 1.35 bits per heavy atom. The largest absolute Gasteiger partial charge is 0.489 e. The van der Waals surface area contributed by atoms with Gasteiger partial charge in [0.05, 0.1) is 4.92 Å². The maximum atomic E-state index is 13.8. The van der Waals surface area contributed by atoms with Gasteiger partial charge < -0.3 is 4.74 Å². The van der Waals surface area contributed by atoms with Crippen molar-refractivity contribution in [1.82, 2.24) is 0 Å². The SMILES string of the molecule is Cc1cc(OCc2cccc([N+](=O)[O-])c2F)ccc1Br. The highest BCUT2D eigenvalue weighted by molar-refractivity contribution is 9.10. The van der Waals surface area contributed by atoms with Crippen LogP contribution < -0.4 is 4.74 Å². The molecule has 2 aromatic carbocycles. The molecule has 0 aliphatic heterocycles. The van der Waals surface area contributed by atoms with Crippen LogP contribution in [0.1, 0.15) is 11.1 Å². The smallest absolute Gasteiger partial charge is 0.305 e. The van der Waals surface area contributed by atoms with Crippen LogP contribution in [0.25, 0.3) is 0 Å². The van der Waals surface area contributed by atoms with Gasteiger partial charge in [-0.1, -0.05) is 28.1 Å². The Labute approximate surface area is 123 Å². The summed E-state index contributed by atoms with van der Waals surface area (Å²) in [7, 11) is 0. The predicted molar refractivity (Wildman–Crippen MR) is 76.3 cm³/mol.